The van der Waals surface area contributed by atoms with Crippen LogP contribution in [0.25, 0.3) is 120 Å². The van der Waals surface area contributed by atoms with Crippen LogP contribution in [0.3, 0.4) is 0 Å². The van der Waals surface area contributed by atoms with Gasteiger partial charge in [-0.15, -0.1) is 11.3 Å². The Balaban J connectivity index is 1.09. The summed E-state index contributed by atoms with van der Waals surface area (Å²) in [6.45, 7) is 0. The molecule has 284 valence electrons. The van der Waals surface area contributed by atoms with Crippen molar-refractivity contribution >= 4 is 63.8 Å². The van der Waals surface area contributed by atoms with Gasteiger partial charge in [0.1, 0.15) is 0 Å². The summed E-state index contributed by atoms with van der Waals surface area (Å²) in [5.74, 6) is 1.95. The first-order valence-corrected chi connectivity index (χ1v) is 21.4. The molecule has 0 atom stereocenters. The number of rotatable bonds is 6. The van der Waals surface area contributed by atoms with Crippen LogP contribution in [0.1, 0.15) is 0 Å². The highest BCUT2D eigenvalue weighted by atomic mass is 32.1. The van der Waals surface area contributed by atoms with Gasteiger partial charge >= 0.3 is 0 Å². The molecule has 0 aliphatic heterocycles. The first-order chi connectivity index (χ1) is 30.3. The van der Waals surface area contributed by atoms with E-state index in [1.807, 2.05) is 18.2 Å². The standard InChI is InChI=1S/C57H35N3S/c1-3-16-36(17-4-1)39-32-33-45(42-23-10-9-22-41(39)42)47-31-30-37-18-7-8-21-40(37)53(47)48-34-35-50(44-25-12-11-24-43(44)48)56-58-55(38-19-5-2-6-20-38)59-57(60-56)51-28-15-27-49-46-26-13-14-29-52(46)61-54(49)51/h1-35H. The summed E-state index contributed by atoms with van der Waals surface area (Å²) in [5.41, 5.74) is 10.1. The minimum absolute atomic E-state index is 0.644. The Labute approximate surface area is 356 Å². The molecule has 0 saturated heterocycles. The van der Waals surface area contributed by atoms with Crippen LogP contribution in [-0.4, -0.2) is 15.0 Å². The van der Waals surface area contributed by atoms with Gasteiger partial charge in [0.05, 0.1) is 0 Å². The third-order valence-corrected chi connectivity index (χ3v) is 13.2. The molecule has 0 unspecified atom stereocenters. The molecule has 0 saturated carbocycles. The molecule has 0 spiro atoms. The average molecular weight is 794 g/mol. The van der Waals surface area contributed by atoms with Gasteiger partial charge in [0.25, 0.3) is 0 Å². The second-order valence-corrected chi connectivity index (χ2v) is 16.5. The van der Waals surface area contributed by atoms with Crippen LogP contribution in [0.4, 0.5) is 0 Å². The fourth-order valence-electron chi connectivity index (χ4n) is 9.16. The van der Waals surface area contributed by atoms with E-state index in [9.17, 15) is 0 Å². The number of benzene rings is 10. The van der Waals surface area contributed by atoms with Crippen molar-refractivity contribution in [3.8, 4) is 67.5 Å². The van der Waals surface area contributed by atoms with E-state index in [2.05, 4.69) is 194 Å². The minimum Gasteiger partial charge on any atom is -0.208 e. The number of nitrogens with zero attached hydrogens (tertiary/aromatic N) is 3. The Morgan fingerprint density at radius 2 is 0.754 bits per heavy atom. The van der Waals surface area contributed by atoms with Crippen LogP contribution in [0.2, 0.25) is 0 Å². The molecule has 4 heteroatoms. The first kappa shape index (κ1) is 35.2. The lowest BCUT2D eigenvalue weighted by Crippen LogP contribution is -2.01. The summed E-state index contributed by atoms with van der Waals surface area (Å²) < 4.78 is 2.42. The first-order valence-electron chi connectivity index (χ1n) is 20.6. The molecular formula is C57H35N3S. The Hall–Kier alpha value is -7.79. The molecule has 0 bridgehead atoms. The molecule has 0 N–H and O–H groups in total. The van der Waals surface area contributed by atoms with Crippen LogP contribution in [0.15, 0.2) is 212 Å². The van der Waals surface area contributed by atoms with Crippen molar-refractivity contribution < 1.29 is 0 Å². The Bertz CT molecular complexity index is 3650. The zero-order valence-corrected chi connectivity index (χ0v) is 33.8. The highest BCUT2D eigenvalue weighted by molar-refractivity contribution is 7.26. The van der Waals surface area contributed by atoms with Crippen molar-refractivity contribution in [1.82, 2.24) is 15.0 Å². The summed E-state index contributed by atoms with van der Waals surface area (Å²) in [6.07, 6.45) is 0. The second kappa shape index (κ2) is 14.5. The fraction of sp³-hybridized carbons (Fsp3) is 0. The maximum absolute atomic E-state index is 5.34. The summed E-state index contributed by atoms with van der Waals surface area (Å²) in [6, 6.07) is 75.9. The quantitative estimate of drug-likeness (QED) is 0.168. The van der Waals surface area contributed by atoms with Crippen molar-refractivity contribution in [2.75, 3.05) is 0 Å². The monoisotopic (exact) mass is 793 g/mol. The zero-order valence-electron chi connectivity index (χ0n) is 33.0. The molecule has 3 nitrogen and oxygen atoms in total. The van der Waals surface area contributed by atoms with Crippen molar-refractivity contribution in [3.05, 3.63) is 212 Å². The molecule has 2 heterocycles. The van der Waals surface area contributed by atoms with E-state index in [0.29, 0.717) is 17.5 Å². The van der Waals surface area contributed by atoms with Crippen LogP contribution in [0, 0.1) is 0 Å². The van der Waals surface area contributed by atoms with E-state index in [1.165, 1.54) is 69.5 Å². The van der Waals surface area contributed by atoms with Gasteiger partial charge < -0.3 is 0 Å². The molecule has 0 aliphatic carbocycles. The molecule has 0 fully saturated rings. The molecule has 10 aromatic carbocycles. The lowest BCUT2D eigenvalue weighted by Gasteiger charge is -2.19. The van der Waals surface area contributed by atoms with Gasteiger partial charge in [0, 0.05) is 36.9 Å². The topological polar surface area (TPSA) is 38.7 Å². The molecule has 0 radical (unpaired) electrons. The van der Waals surface area contributed by atoms with Gasteiger partial charge in [-0.3, -0.25) is 0 Å². The minimum atomic E-state index is 0.644. The molecule has 61 heavy (non-hydrogen) atoms. The number of fused-ring (bicyclic) bond motifs is 6. The normalized spacial score (nSPS) is 11.6. The Morgan fingerprint density at radius 1 is 0.262 bits per heavy atom. The van der Waals surface area contributed by atoms with Gasteiger partial charge in [0.15, 0.2) is 17.5 Å². The van der Waals surface area contributed by atoms with Crippen LogP contribution in [0.5, 0.6) is 0 Å². The summed E-state index contributed by atoms with van der Waals surface area (Å²) >= 11 is 1.79. The predicted octanol–water partition coefficient (Wildman–Crippen LogP) is 15.7. The van der Waals surface area contributed by atoms with E-state index >= 15 is 0 Å². The zero-order chi connectivity index (χ0) is 40.3. The van der Waals surface area contributed by atoms with Crippen LogP contribution < -0.4 is 0 Å². The molecular weight excluding hydrogens is 759 g/mol. The summed E-state index contributed by atoms with van der Waals surface area (Å²) in [4.78, 5) is 15.8. The maximum Gasteiger partial charge on any atom is 0.165 e. The number of aromatic nitrogens is 3. The Kier molecular flexibility index (Phi) is 8.36. The highest BCUT2D eigenvalue weighted by Crippen LogP contribution is 2.46. The van der Waals surface area contributed by atoms with E-state index in [4.69, 9.17) is 15.0 Å². The maximum atomic E-state index is 5.34. The Morgan fingerprint density at radius 3 is 1.51 bits per heavy atom. The van der Waals surface area contributed by atoms with Crippen molar-refractivity contribution in [1.29, 1.82) is 0 Å². The third-order valence-electron chi connectivity index (χ3n) is 12.0. The lowest BCUT2D eigenvalue weighted by molar-refractivity contribution is 1.08. The molecule has 12 rings (SSSR count). The summed E-state index contributed by atoms with van der Waals surface area (Å²) in [5, 5.41) is 9.54. The van der Waals surface area contributed by atoms with Crippen LogP contribution >= 0.6 is 11.3 Å². The highest BCUT2D eigenvalue weighted by Gasteiger charge is 2.21. The van der Waals surface area contributed by atoms with E-state index in [1.54, 1.807) is 11.3 Å². The largest absolute Gasteiger partial charge is 0.208 e. The van der Waals surface area contributed by atoms with Crippen molar-refractivity contribution in [3.63, 3.8) is 0 Å². The van der Waals surface area contributed by atoms with Gasteiger partial charge in [-0.05, 0) is 83.9 Å². The third kappa shape index (κ3) is 5.91. The number of thiophene rings is 1. The lowest BCUT2D eigenvalue weighted by atomic mass is 9.84. The number of hydrogen-bond acceptors (Lipinski definition) is 4. The number of hydrogen-bond donors (Lipinski definition) is 0. The van der Waals surface area contributed by atoms with Gasteiger partial charge in [-0.25, -0.2) is 15.0 Å². The van der Waals surface area contributed by atoms with Gasteiger partial charge in [-0.1, -0.05) is 194 Å². The van der Waals surface area contributed by atoms with E-state index in [0.717, 1.165) is 33.0 Å². The molecule has 0 aliphatic rings. The molecule has 2 aromatic heterocycles. The molecule has 12 aromatic rings. The average Bonchev–Trinajstić information content (AvgIpc) is 3.72. The van der Waals surface area contributed by atoms with E-state index < -0.39 is 0 Å². The predicted molar refractivity (Wildman–Crippen MR) is 258 cm³/mol. The van der Waals surface area contributed by atoms with Gasteiger partial charge in [-0.2, -0.15) is 0 Å². The van der Waals surface area contributed by atoms with Crippen molar-refractivity contribution in [2.24, 2.45) is 0 Å². The van der Waals surface area contributed by atoms with E-state index in [-0.39, 0.29) is 0 Å². The van der Waals surface area contributed by atoms with Crippen LogP contribution in [-0.2, 0) is 0 Å². The van der Waals surface area contributed by atoms with Gasteiger partial charge in [0.2, 0.25) is 0 Å². The molecule has 0 amide bonds. The SMILES string of the molecule is c1ccc(-c2nc(-c3ccc(-c4c(-c5ccc(-c6ccccc6)c6ccccc56)ccc5ccccc45)c4ccccc34)nc(-c3cccc4c3sc3ccccc34)n2)cc1. The fourth-order valence-corrected chi connectivity index (χ4v) is 10.4. The second-order valence-electron chi connectivity index (χ2n) is 15.4. The summed E-state index contributed by atoms with van der Waals surface area (Å²) in [7, 11) is 0. The smallest absolute Gasteiger partial charge is 0.165 e. The van der Waals surface area contributed by atoms with Crippen molar-refractivity contribution in [2.45, 2.75) is 0 Å².